The number of alkyl halides is 3. The van der Waals surface area contributed by atoms with Crippen LogP contribution in [0.3, 0.4) is 0 Å². The van der Waals surface area contributed by atoms with Crippen LogP contribution in [0, 0.1) is 0 Å². The summed E-state index contributed by atoms with van der Waals surface area (Å²) in [6, 6.07) is 4.37. The smallest absolute Gasteiger partial charge is 0.369 e. The van der Waals surface area contributed by atoms with Crippen LogP contribution in [0.25, 0.3) is 0 Å². The lowest BCUT2D eigenvalue weighted by Gasteiger charge is -2.13. The number of benzene rings is 1. The summed E-state index contributed by atoms with van der Waals surface area (Å²) in [5.74, 6) is -0.248. The molecule has 2 nitrogen and oxygen atoms in total. The molecule has 0 heterocycles. The summed E-state index contributed by atoms with van der Waals surface area (Å²) in [5.41, 5.74) is -0.322. The molecule has 1 aromatic carbocycles. The van der Waals surface area contributed by atoms with Crippen LogP contribution in [0.15, 0.2) is 24.3 Å². The standard InChI is InChI=1S/C11H11F3O2/c1-7(15)10(16-2)8-3-5-9(6-4-8)11(12,13)14/h3-6,10H,1-2H3. The third kappa shape index (κ3) is 2.82. The molecule has 0 bridgehead atoms. The first-order chi connectivity index (χ1) is 7.36. The molecule has 1 unspecified atom stereocenters. The largest absolute Gasteiger partial charge is 0.416 e. The lowest BCUT2D eigenvalue weighted by atomic mass is 10.0. The Labute approximate surface area is 91.0 Å². The summed E-state index contributed by atoms with van der Waals surface area (Å²) in [4.78, 5) is 11.1. The van der Waals surface area contributed by atoms with Crippen LogP contribution in [-0.2, 0) is 15.7 Å². The van der Waals surface area contributed by atoms with Crippen molar-refractivity contribution in [3.8, 4) is 0 Å². The second-order valence-electron chi connectivity index (χ2n) is 3.35. The highest BCUT2D eigenvalue weighted by atomic mass is 19.4. The van der Waals surface area contributed by atoms with Crippen LogP contribution in [0.1, 0.15) is 24.2 Å². The van der Waals surface area contributed by atoms with Gasteiger partial charge in [0, 0.05) is 7.11 Å². The molecule has 0 N–H and O–H groups in total. The fraction of sp³-hybridized carbons (Fsp3) is 0.364. The molecule has 0 radical (unpaired) electrons. The lowest BCUT2D eigenvalue weighted by molar-refractivity contribution is -0.137. The number of methoxy groups -OCH3 is 1. The normalized spacial score (nSPS) is 13.6. The highest BCUT2D eigenvalue weighted by Crippen LogP contribution is 2.30. The van der Waals surface area contributed by atoms with Gasteiger partial charge >= 0.3 is 6.18 Å². The van der Waals surface area contributed by atoms with Gasteiger partial charge in [0.05, 0.1) is 5.56 Å². The minimum Gasteiger partial charge on any atom is -0.369 e. The molecule has 16 heavy (non-hydrogen) atoms. The average molecular weight is 232 g/mol. The number of halogens is 3. The van der Waals surface area contributed by atoms with Crippen molar-refractivity contribution in [2.75, 3.05) is 7.11 Å². The predicted molar refractivity (Wildman–Crippen MR) is 51.9 cm³/mol. The summed E-state index contributed by atoms with van der Waals surface area (Å²) in [7, 11) is 1.34. The van der Waals surface area contributed by atoms with Gasteiger partial charge in [0.2, 0.25) is 0 Å². The fourth-order valence-electron chi connectivity index (χ4n) is 1.38. The topological polar surface area (TPSA) is 26.3 Å². The van der Waals surface area contributed by atoms with Gasteiger partial charge in [0.15, 0.2) is 5.78 Å². The molecule has 0 spiro atoms. The van der Waals surface area contributed by atoms with Crippen LogP contribution in [-0.4, -0.2) is 12.9 Å². The van der Waals surface area contributed by atoms with Gasteiger partial charge in [-0.15, -0.1) is 0 Å². The van der Waals surface area contributed by atoms with Crippen molar-refractivity contribution >= 4 is 5.78 Å². The maximum absolute atomic E-state index is 12.3. The molecule has 0 saturated carbocycles. The van der Waals surface area contributed by atoms with E-state index < -0.39 is 17.8 Å². The zero-order chi connectivity index (χ0) is 12.3. The fourth-order valence-corrected chi connectivity index (χ4v) is 1.38. The van der Waals surface area contributed by atoms with E-state index in [1.165, 1.54) is 26.2 Å². The monoisotopic (exact) mass is 232 g/mol. The Bertz CT molecular complexity index is 368. The van der Waals surface area contributed by atoms with Gasteiger partial charge in [-0.25, -0.2) is 0 Å². The molecular weight excluding hydrogens is 221 g/mol. The van der Waals surface area contributed by atoms with Gasteiger partial charge in [-0.05, 0) is 24.6 Å². The highest BCUT2D eigenvalue weighted by molar-refractivity contribution is 5.81. The molecule has 0 fully saturated rings. The number of carbonyl (C=O) groups is 1. The first kappa shape index (κ1) is 12.7. The first-order valence-electron chi connectivity index (χ1n) is 4.56. The Hall–Kier alpha value is -1.36. The van der Waals surface area contributed by atoms with Crippen LogP contribution in [0.5, 0.6) is 0 Å². The molecule has 1 rings (SSSR count). The van der Waals surface area contributed by atoms with E-state index in [2.05, 4.69) is 0 Å². The van der Waals surface area contributed by atoms with Crippen molar-refractivity contribution in [2.45, 2.75) is 19.2 Å². The van der Waals surface area contributed by atoms with Crippen LogP contribution in [0.4, 0.5) is 13.2 Å². The first-order valence-corrected chi connectivity index (χ1v) is 4.56. The van der Waals surface area contributed by atoms with Gasteiger partial charge in [0.25, 0.3) is 0 Å². The van der Waals surface area contributed by atoms with Crippen molar-refractivity contribution in [3.05, 3.63) is 35.4 Å². The van der Waals surface area contributed by atoms with Crippen molar-refractivity contribution in [1.29, 1.82) is 0 Å². The summed E-state index contributed by atoms with van der Waals surface area (Å²) in [5, 5.41) is 0. The average Bonchev–Trinajstić information content (AvgIpc) is 2.17. The van der Waals surface area contributed by atoms with E-state index in [1.807, 2.05) is 0 Å². The highest BCUT2D eigenvalue weighted by Gasteiger charge is 2.30. The van der Waals surface area contributed by atoms with Crippen LogP contribution < -0.4 is 0 Å². The van der Waals surface area contributed by atoms with E-state index in [4.69, 9.17) is 4.74 Å². The van der Waals surface area contributed by atoms with E-state index in [0.29, 0.717) is 5.56 Å². The number of rotatable bonds is 3. The van der Waals surface area contributed by atoms with Crippen LogP contribution >= 0.6 is 0 Å². The summed E-state index contributed by atoms with van der Waals surface area (Å²) in [6.07, 6.45) is -5.17. The molecule has 0 aliphatic heterocycles. The molecule has 1 aromatic rings. The SMILES string of the molecule is COC(C(C)=O)c1ccc(C(F)(F)F)cc1. The van der Waals surface area contributed by atoms with Crippen molar-refractivity contribution in [3.63, 3.8) is 0 Å². The molecule has 5 heteroatoms. The third-order valence-electron chi connectivity index (χ3n) is 2.15. The van der Waals surface area contributed by atoms with Gasteiger partial charge in [0.1, 0.15) is 6.10 Å². The van der Waals surface area contributed by atoms with Gasteiger partial charge in [-0.3, -0.25) is 4.79 Å². The van der Waals surface area contributed by atoms with Crippen molar-refractivity contribution in [1.82, 2.24) is 0 Å². The molecule has 0 aromatic heterocycles. The van der Waals surface area contributed by atoms with E-state index in [-0.39, 0.29) is 5.78 Å². The Kier molecular flexibility index (Phi) is 3.70. The molecule has 0 amide bonds. The van der Waals surface area contributed by atoms with Crippen molar-refractivity contribution in [2.24, 2.45) is 0 Å². The minimum absolute atomic E-state index is 0.248. The molecule has 0 aliphatic rings. The summed E-state index contributed by atoms with van der Waals surface area (Å²) < 4.78 is 41.7. The zero-order valence-electron chi connectivity index (χ0n) is 8.84. The maximum Gasteiger partial charge on any atom is 0.416 e. The van der Waals surface area contributed by atoms with E-state index >= 15 is 0 Å². The molecule has 0 aliphatic carbocycles. The Morgan fingerprint density at radius 3 is 2.06 bits per heavy atom. The number of carbonyl (C=O) groups excluding carboxylic acids is 1. The molecule has 88 valence electrons. The Balaban J connectivity index is 2.98. The van der Waals surface area contributed by atoms with E-state index in [9.17, 15) is 18.0 Å². The second kappa shape index (κ2) is 4.65. The maximum atomic E-state index is 12.3. The quantitative estimate of drug-likeness (QED) is 0.800. The third-order valence-corrected chi connectivity index (χ3v) is 2.15. The van der Waals surface area contributed by atoms with Gasteiger partial charge < -0.3 is 4.74 Å². The summed E-state index contributed by atoms with van der Waals surface area (Å²) >= 11 is 0. The molecular formula is C11H11F3O2. The zero-order valence-corrected chi connectivity index (χ0v) is 8.84. The number of ether oxygens (including phenoxy) is 1. The number of ketones is 1. The van der Waals surface area contributed by atoms with E-state index in [0.717, 1.165) is 12.1 Å². The Morgan fingerprint density at radius 2 is 1.75 bits per heavy atom. The molecule has 1 atom stereocenters. The van der Waals surface area contributed by atoms with Crippen LogP contribution in [0.2, 0.25) is 0 Å². The minimum atomic E-state index is -4.36. The van der Waals surface area contributed by atoms with Gasteiger partial charge in [-0.1, -0.05) is 12.1 Å². The van der Waals surface area contributed by atoms with E-state index in [1.54, 1.807) is 0 Å². The van der Waals surface area contributed by atoms with Crippen molar-refractivity contribution < 1.29 is 22.7 Å². The molecule has 0 saturated heterocycles. The number of hydrogen-bond acceptors (Lipinski definition) is 2. The number of Topliss-reactive ketones (excluding diaryl/α,β-unsaturated/α-hetero) is 1. The van der Waals surface area contributed by atoms with Gasteiger partial charge in [-0.2, -0.15) is 13.2 Å². The number of hydrogen-bond donors (Lipinski definition) is 0. The second-order valence-corrected chi connectivity index (χ2v) is 3.35. The lowest BCUT2D eigenvalue weighted by Crippen LogP contribution is -2.11. The predicted octanol–water partition coefficient (Wildman–Crippen LogP) is 2.98. The Morgan fingerprint density at radius 1 is 1.25 bits per heavy atom. The summed E-state index contributed by atoms with van der Waals surface area (Å²) in [6.45, 7) is 1.33.